The SMILES string of the molecule is CCO[C@@H](C)c1nc(CN2CCN(S(=O)(=O)CC)CC2)cs1. The molecule has 2 heterocycles. The molecule has 0 spiro atoms. The monoisotopic (exact) mass is 347 g/mol. The lowest BCUT2D eigenvalue weighted by Gasteiger charge is -2.33. The van der Waals surface area contributed by atoms with Gasteiger partial charge in [0.25, 0.3) is 0 Å². The number of sulfonamides is 1. The first-order valence-electron chi connectivity index (χ1n) is 7.72. The number of hydrogen-bond donors (Lipinski definition) is 0. The summed E-state index contributed by atoms with van der Waals surface area (Å²) in [6.45, 7) is 9.80. The molecule has 0 aliphatic carbocycles. The Labute approximate surface area is 137 Å². The molecule has 1 atom stereocenters. The first kappa shape index (κ1) is 17.8. The van der Waals surface area contributed by atoms with E-state index in [-0.39, 0.29) is 11.9 Å². The zero-order valence-corrected chi connectivity index (χ0v) is 15.1. The van der Waals surface area contributed by atoms with Crippen LogP contribution in [0.4, 0.5) is 0 Å². The minimum absolute atomic E-state index is 0.0373. The van der Waals surface area contributed by atoms with Crippen molar-refractivity contribution in [3.63, 3.8) is 0 Å². The molecule has 1 aliphatic heterocycles. The third-order valence-electron chi connectivity index (χ3n) is 3.81. The number of aromatic nitrogens is 1. The van der Waals surface area contributed by atoms with E-state index in [4.69, 9.17) is 4.74 Å². The topological polar surface area (TPSA) is 62.7 Å². The fourth-order valence-electron chi connectivity index (χ4n) is 2.48. The number of hydrogen-bond acceptors (Lipinski definition) is 6. The van der Waals surface area contributed by atoms with Crippen molar-refractivity contribution in [2.45, 2.75) is 33.4 Å². The predicted molar refractivity (Wildman–Crippen MR) is 88.5 cm³/mol. The van der Waals surface area contributed by atoms with Crippen LogP contribution >= 0.6 is 11.3 Å². The summed E-state index contributed by atoms with van der Waals surface area (Å²) in [6.07, 6.45) is 0.0373. The quantitative estimate of drug-likeness (QED) is 0.751. The molecule has 22 heavy (non-hydrogen) atoms. The summed E-state index contributed by atoms with van der Waals surface area (Å²) in [5, 5.41) is 3.07. The number of nitrogens with zero attached hydrogens (tertiary/aromatic N) is 3. The van der Waals surface area contributed by atoms with Crippen molar-refractivity contribution in [3.8, 4) is 0 Å². The van der Waals surface area contributed by atoms with Crippen molar-refractivity contribution in [2.24, 2.45) is 0 Å². The van der Waals surface area contributed by atoms with Crippen LogP contribution in [0.1, 0.15) is 37.6 Å². The summed E-state index contributed by atoms with van der Waals surface area (Å²) in [5.41, 5.74) is 1.04. The normalized spacial score (nSPS) is 19.4. The van der Waals surface area contributed by atoms with E-state index in [9.17, 15) is 8.42 Å². The Bertz CT molecular complexity index is 566. The van der Waals surface area contributed by atoms with Gasteiger partial charge in [-0.25, -0.2) is 13.4 Å². The molecule has 0 bridgehead atoms. The highest BCUT2D eigenvalue weighted by atomic mass is 32.2. The Morgan fingerprint density at radius 3 is 2.59 bits per heavy atom. The van der Waals surface area contributed by atoms with Crippen molar-refractivity contribution < 1.29 is 13.2 Å². The minimum atomic E-state index is -3.05. The first-order valence-corrected chi connectivity index (χ1v) is 10.2. The highest BCUT2D eigenvalue weighted by Gasteiger charge is 2.25. The molecule has 1 aliphatic rings. The maximum atomic E-state index is 11.8. The highest BCUT2D eigenvalue weighted by Crippen LogP contribution is 2.22. The van der Waals surface area contributed by atoms with Gasteiger partial charge in [-0.05, 0) is 20.8 Å². The van der Waals surface area contributed by atoms with E-state index in [0.717, 1.165) is 30.3 Å². The minimum Gasteiger partial charge on any atom is -0.372 e. The van der Waals surface area contributed by atoms with Crippen LogP contribution in [0, 0.1) is 0 Å². The van der Waals surface area contributed by atoms with E-state index in [2.05, 4.69) is 15.3 Å². The maximum absolute atomic E-state index is 11.8. The lowest BCUT2D eigenvalue weighted by molar-refractivity contribution is 0.0759. The average molecular weight is 348 g/mol. The first-order chi connectivity index (χ1) is 10.5. The molecule has 2 rings (SSSR count). The third kappa shape index (κ3) is 4.48. The summed E-state index contributed by atoms with van der Waals surface area (Å²) >= 11 is 1.63. The molecular weight excluding hydrogens is 322 g/mol. The molecule has 0 radical (unpaired) electrons. The highest BCUT2D eigenvalue weighted by molar-refractivity contribution is 7.89. The van der Waals surface area contributed by atoms with Crippen molar-refractivity contribution in [1.82, 2.24) is 14.2 Å². The molecule has 0 N–H and O–H groups in total. The van der Waals surface area contributed by atoms with Crippen LogP contribution < -0.4 is 0 Å². The third-order valence-corrected chi connectivity index (χ3v) is 6.75. The smallest absolute Gasteiger partial charge is 0.213 e. The standard InChI is InChI=1S/C14H25N3O3S2/c1-4-20-12(3)14-15-13(11-21-14)10-16-6-8-17(9-7-16)22(18,19)5-2/h11-12H,4-10H2,1-3H3/t12-/m0/s1. The van der Waals surface area contributed by atoms with Gasteiger partial charge in [-0.15, -0.1) is 11.3 Å². The average Bonchev–Trinajstić information content (AvgIpc) is 2.97. The molecule has 6 nitrogen and oxygen atoms in total. The number of piperazine rings is 1. The fourth-order valence-corrected chi connectivity index (χ4v) is 4.38. The van der Waals surface area contributed by atoms with E-state index < -0.39 is 10.0 Å². The molecule has 1 saturated heterocycles. The Kier molecular flexibility index (Phi) is 6.34. The van der Waals surface area contributed by atoms with Gasteiger partial charge >= 0.3 is 0 Å². The number of ether oxygens (including phenoxy) is 1. The molecule has 8 heteroatoms. The van der Waals surface area contributed by atoms with Gasteiger partial charge in [-0.3, -0.25) is 4.90 Å². The van der Waals surface area contributed by atoms with Crippen LogP contribution in [0.15, 0.2) is 5.38 Å². The van der Waals surface area contributed by atoms with Gasteiger partial charge in [0, 0.05) is 44.7 Å². The Hall–Kier alpha value is -0.540. The Balaban J connectivity index is 1.86. The van der Waals surface area contributed by atoms with Crippen LogP contribution in [0.5, 0.6) is 0 Å². The van der Waals surface area contributed by atoms with Gasteiger partial charge in [-0.1, -0.05) is 0 Å². The van der Waals surface area contributed by atoms with Gasteiger partial charge in [0.05, 0.1) is 11.4 Å². The zero-order chi connectivity index (χ0) is 16.2. The second-order valence-electron chi connectivity index (χ2n) is 5.35. The van der Waals surface area contributed by atoms with Crippen LogP contribution in [0.2, 0.25) is 0 Å². The van der Waals surface area contributed by atoms with Gasteiger partial charge < -0.3 is 4.74 Å². The van der Waals surface area contributed by atoms with Crippen molar-refractivity contribution in [2.75, 3.05) is 38.5 Å². The zero-order valence-electron chi connectivity index (χ0n) is 13.5. The second-order valence-corrected chi connectivity index (χ2v) is 8.50. The molecule has 1 aromatic rings. The Morgan fingerprint density at radius 1 is 1.32 bits per heavy atom. The van der Waals surface area contributed by atoms with E-state index in [1.807, 2.05) is 13.8 Å². The maximum Gasteiger partial charge on any atom is 0.213 e. The molecule has 0 saturated carbocycles. The summed E-state index contributed by atoms with van der Waals surface area (Å²) in [4.78, 5) is 6.88. The molecule has 1 fully saturated rings. The molecule has 0 aromatic carbocycles. The summed E-state index contributed by atoms with van der Waals surface area (Å²) in [5.74, 6) is 0.178. The van der Waals surface area contributed by atoms with Gasteiger partial charge in [0.2, 0.25) is 10.0 Å². The van der Waals surface area contributed by atoms with Crippen LogP contribution in [-0.2, 0) is 21.3 Å². The summed E-state index contributed by atoms with van der Waals surface area (Å²) in [7, 11) is -3.05. The summed E-state index contributed by atoms with van der Waals surface area (Å²) < 4.78 is 30.8. The second kappa shape index (κ2) is 7.83. The van der Waals surface area contributed by atoms with E-state index in [0.29, 0.717) is 19.7 Å². The number of thiazole rings is 1. The van der Waals surface area contributed by atoms with Gasteiger partial charge in [0.1, 0.15) is 11.1 Å². The lowest BCUT2D eigenvalue weighted by atomic mass is 10.3. The van der Waals surface area contributed by atoms with Crippen LogP contribution in [0.3, 0.4) is 0 Å². The van der Waals surface area contributed by atoms with Gasteiger partial charge in [0.15, 0.2) is 0 Å². The fraction of sp³-hybridized carbons (Fsp3) is 0.786. The van der Waals surface area contributed by atoms with Crippen molar-refractivity contribution >= 4 is 21.4 Å². The largest absolute Gasteiger partial charge is 0.372 e. The Morgan fingerprint density at radius 2 is 2.00 bits per heavy atom. The van der Waals surface area contributed by atoms with E-state index in [1.54, 1.807) is 22.6 Å². The van der Waals surface area contributed by atoms with E-state index in [1.165, 1.54) is 0 Å². The van der Waals surface area contributed by atoms with Gasteiger partial charge in [-0.2, -0.15) is 4.31 Å². The van der Waals surface area contributed by atoms with Crippen molar-refractivity contribution in [3.05, 3.63) is 16.1 Å². The van der Waals surface area contributed by atoms with E-state index >= 15 is 0 Å². The summed E-state index contributed by atoms with van der Waals surface area (Å²) in [6, 6.07) is 0. The molecule has 1 aromatic heterocycles. The molecular formula is C14H25N3O3S2. The number of rotatable bonds is 7. The molecule has 0 amide bonds. The molecule has 0 unspecified atom stereocenters. The predicted octanol–water partition coefficient (Wildman–Crippen LogP) is 1.71. The van der Waals surface area contributed by atoms with Crippen LogP contribution in [-0.4, -0.2) is 61.1 Å². The van der Waals surface area contributed by atoms with Crippen molar-refractivity contribution in [1.29, 1.82) is 0 Å². The van der Waals surface area contributed by atoms with Crippen LogP contribution in [0.25, 0.3) is 0 Å². The lowest BCUT2D eigenvalue weighted by Crippen LogP contribution is -2.48. The molecule has 126 valence electrons.